The zero-order chi connectivity index (χ0) is 21.8. The second-order valence-electron chi connectivity index (χ2n) is 6.78. The molecule has 4 aromatic rings. The smallest absolute Gasteiger partial charge is 0.275 e. The van der Waals surface area contributed by atoms with Crippen LogP contribution in [0.4, 0.5) is 10.1 Å². The molecule has 158 valence electrons. The van der Waals surface area contributed by atoms with Crippen LogP contribution in [-0.2, 0) is 13.0 Å². The summed E-state index contributed by atoms with van der Waals surface area (Å²) in [6.07, 6.45) is 1.74. The maximum atomic E-state index is 13.8. The number of nitrogens with one attached hydrogen (secondary N) is 1. The normalized spacial score (nSPS) is 10.9. The van der Waals surface area contributed by atoms with E-state index in [1.807, 2.05) is 0 Å². The Bertz CT molecular complexity index is 1300. The van der Waals surface area contributed by atoms with Crippen molar-refractivity contribution in [2.75, 3.05) is 5.32 Å². The van der Waals surface area contributed by atoms with E-state index >= 15 is 0 Å². The van der Waals surface area contributed by atoms with Gasteiger partial charge in [-0.1, -0.05) is 36.5 Å². The van der Waals surface area contributed by atoms with Crippen LogP contribution in [0.5, 0.6) is 5.75 Å². The number of nitrogens with zero attached hydrogens (tertiary/aromatic N) is 3. The number of fused-ring (bicyclic) bond motifs is 1. The first kappa shape index (κ1) is 20.7. The molecule has 0 saturated heterocycles. The Balaban J connectivity index is 1.46. The Kier molecular flexibility index (Phi) is 6.03. The Morgan fingerprint density at radius 2 is 2.03 bits per heavy atom. The van der Waals surface area contributed by atoms with Crippen molar-refractivity contribution in [3.8, 4) is 5.75 Å². The molecule has 7 nitrogen and oxygen atoms in total. The summed E-state index contributed by atoms with van der Waals surface area (Å²) in [7, 11) is 0. The molecule has 0 aliphatic carbocycles. The molecule has 2 aromatic heterocycles. The van der Waals surface area contributed by atoms with E-state index in [9.17, 15) is 14.0 Å². The molecule has 0 unspecified atom stereocenters. The maximum Gasteiger partial charge on any atom is 0.275 e. The highest BCUT2D eigenvalue weighted by molar-refractivity contribution is 7.16. The molecule has 0 aliphatic rings. The average Bonchev–Trinajstić information content (AvgIpc) is 3.16. The van der Waals surface area contributed by atoms with E-state index in [1.54, 1.807) is 30.3 Å². The van der Waals surface area contributed by atoms with E-state index in [0.717, 1.165) is 17.8 Å². The zero-order valence-corrected chi connectivity index (χ0v) is 17.5. The van der Waals surface area contributed by atoms with Crippen molar-refractivity contribution in [1.29, 1.82) is 0 Å². The van der Waals surface area contributed by atoms with E-state index in [4.69, 9.17) is 4.74 Å². The van der Waals surface area contributed by atoms with Crippen LogP contribution in [0.25, 0.3) is 4.96 Å². The van der Waals surface area contributed by atoms with Crippen LogP contribution in [0.3, 0.4) is 0 Å². The number of carbonyl (C=O) groups is 1. The minimum Gasteiger partial charge on any atom is -0.487 e. The highest BCUT2D eigenvalue weighted by atomic mass is 32.1. The molecule has 0 fully saturated rings. The first-order chi connectivity index (χ1) is 15.0. The predicted molar refractivity (Wildman–Crippen MR) is 116 cm³/mol. The summed E-state index contributed by atoms with van der Waals surface area (Å²) in [6.45, 7) is 2.13. The highest BCUT2D eigenvalue weighted by Crippen LogP contribution is 2.20. The lowest BCUT2D eigenvalue weighted by molar-refractivity contribution is 0.102. The van der Waals surface area contributed by atoms with E-state index < -0.39 is 11.7 Å². The number of rotatable bonds is 7. The molecule has 2 heterocycles. The molecule has 9 heteroatoms. The molecule has 0 atom stereocenters. The van der Waals surface area contributed by atoms with Crippen LogP contribution >= 0.6 is 11.3 Å². The van der Waals surface area contributed by atoms with Gasteiger partial charge in [0, 0.05) is 24.2 Å². The number of anilines is 1. The van der Waals surface area contributed by atoms with Gasteiger partial charge in [0.05, 0.1) is 11.3 Å². The van der Waals surface area contributed by atoms with Crippen LogP contribution < -0.4 is 15.6 Å². The van der Waals surface area contributed by atoms with Gasteiger partial charge in [0.1, 0.15) is 23.2 Å². The van der Waals surface area contributed by atoms with E-state index in [0.29, 0.717) is 22.1 Å². The Hall–Kier alpha value is -3.59. The molecule has 0 radical (unpaired) electrons. The number of benzene rings is 2. The van der Waals surface area contributed by atoms with Crippen LogP contribution in [0, 0.1) is 5.82 Å². The van der Waals surface area contributed by atoms with Gasteiger partial charge in [-0.15, -0.1) is 0 Å². The van der Waals surface area contributed by atoms with Gasteiger partial charge in [-0.05, 0) is 30.7 Å². The minimum atomic E-state index is -0.592. The van der Waals surface area contributed by atoms with Crippen molar-refractivity contribution in [3.63, 3.8) is 0 Å². The second kappa shape index (κ2) is 9.05. The molecule has 0 aliphatic heterocycles. The molecule has 0 spiro atoms. The third-order valence-corrected chi connectivity index (χ3v) is 5.37. The summed E-state index contributed by atoms with van der Waals surface area (Å²) in [6, 6.07) is 13.9. The van der Waals surface area contributed by atoms with Crippen molar-refractivity contribution in [1.82, 2.24) is 14.6 Å². The van der Waals surface area contributed by atoms with Gasteiger partial charge in [-0.25, -0.2) is 9.37 Å². The van der Waals surface area contributed by atoms with Crippen LogP contribution in [0.1, 0.15) is 34.4 Å². The van der Waals surface area contributed by atoms with Gasteiger partial charge >= 0.3 is 0 Å². The fourth-order valence-electron chi connectivity index (χ4n) is 2.95. The first-order valence-corrected chi connectivity index (χ1v) is 10.5. The number of amides is 1. The Morgan fingerprint density at radius 1 is 1.19 bits per heavy atom. The third-order valence-electron chi connectivity index (χ3n) is 4.40. The lowest BCUT2D eigenvalue weighted by Gasteiger charge is -2.09. The monoisotopic (exact) mass is 438 g/mol. The highest BCUT2D eigenvalue weighted by Gasteiger charge is 2.12. The number of ether oxygens (including phenoxy) is 1. The Morgan fingerprint density at radius 3 is 2.84 bits per heavy atom. The molecule has 1 amide bonds. The van der Waals surface area contributed by atoms with Crippen LogP contribution in [0.15, 0.2) is 59.4 Å². The van der Waals surface area contributed by atoms with E-state index in [-0.39, 0.29) is 17.7 Å². The van der Waals surface area contributed by atoms with Crippen molar-refractivity contribution in [3.05, 3.63) is 87.0 Å². The fourth-order valence-corrected chi connectivity index (χ4v) is 3.97. The van der Waals surface area contributed by atoms with Gasteiger partial charge in [-0.3, -0.25) is 9.59 Å². The van der Waals surface area contributed by atoms with Crippen molar-refractivity contribution < 1.29 is 13.9 Å². The van der Waals surface area contributed by atoms with Crippen LogP contribution in [0.2, 0.25) is 0 Å². The largest absolute Gasteiger partial charge is 0.487 e. The summed E-state index contributed by atoms with van der Waals surface area (Å²) in [5.41, 5.74) is 0.644. The molecule has 2 aromatic carbocycles. The number of aromatic nitrogens is 3. The number of hydrogen-bond acceptors (Lipinski definition) is 6. The molecule has 0 bridgehead atoms. The third kappa shape index (κ3) is 4.77. The van der Waals surface area contributed by atoms with Gasteiger partial charge in [-0.2, -0.15) is 9.61 Å². The van der Waals surface area contributed by atoms with Crippen molar-refractivity contribution >= 4 is 27.9 Å². The second-order valence-corrected chi connectivity index (χ2v) is 7.82. The topological polar surface area (TPSA) is 85.6 Å². The standard InChI is InChI=1S/C22H19FN4O3S/c1-2-6-19-26-27-20(28)12-15(25-22(27)31-19)13-30-16-8-5-7-14(11-16)24-21(29)17-9-3-4-10-18(17)23/h3-5,7-12H,2,6,13H2,1H3,(H,24,29). The number of carbonyl (C=O) groups excluding carboxylic acids is 1. The van der Waals surface area contributed by atoms with Crippen LogP contribution in [-0.4, -0.2) is 20.5 Å². The SMILES string of the molecule is CCCc1nn2c(=O)cc(COc3cccc(NC(=O)c4ccccc4F)c3)nc2s1. The van der Waals surface area contributed by atoms with Crippen molar-refractivity contribution in [2.24, 2.45) is 0 Å². The fraction of sp³-hybridized carbons (Fsp3) is 0.182. The predicted octanol–water partition coefficient (Wildman–Crippen LogP) is 4.07. The van der Waals surface area contributed by atoms with Gasteiger partial charge in [0.15, 0.2) is 0 Å². The lowest BCUT2D eigenvalue weighted by atomic mass is 10.2. The molecule has 31 heavy (non-hydrogen) atoms. The number of hydrogen-bond donors (Lipinski definition) is 1. The van der Waals surface area contributed by atoms with E-state index in [1.165, 1.54) is 40.1 Å². The molecular formula is C22H19FN4O3S. The molecule has 4 rings (SSSR count). The summed E-state index contributed by atoms with van der Waals surface area (Å²) in [5.74, 6) is -0.668. The average molecular weight is 438 g/mol. The minimum absolute atomic E-state index is 0.0428. The van der Waals surface area contributed by atoms with E-state index in [2.05, 4.69) is 22.3 Å². The van der Waals surface area contributed by atoms with Gasteiger partial charge < -0.3 is 10.1 Å². The molecule has 0 saturated carbocycles. The molecule has 1 N–H and O–H groups in total. The lowest BCUT2D eigenvalue weighted by Crippen LogP contribution is -2.16. The quantitative estimate of drug-likeness (QED) is 0.470. The maximum absolute atomic E-state index is 13.8. The van der Waals surface area contributed by atoms with Gasteiger partial charge in [0.25, 0.3) is 11.5 Å². The number of halogens is 1. The first-order valence-electron chi connectivity index (χ1n) is 9.71. The Labute approximate surface area is 181 Å². The van der Waals surface area contributed by atoms with Crippen molar-refractivity contribution in [2.45, 2.75) is 26.4 Å². The summed E-state index contributed by atoms with van der Waals surface area (Å²) in [4.78, 5) is 29.6. The summed E-state index contributed by atoms with van der Waals surface area (Å²) >= 11 is 1.39. The number of aryl methyl sites for hydroxylation is 1. The zero-order valence-electron chi connectivity index (χ0n) is 16.7. The summed E-state index contributed by atoms with van der Waals surface area (Å²) in [5, 5.41) is 7.80. The molecular weight excluding hydrogens is 419 g/mol. The summed E-state index contributed by atoms with van der Waals surface area (Å²) < 4.78 is 20.8. The van der Waals surface area contributed by atoms with Gasteiger partial charge in [0.2, 0.25) is 4.96 Å².